The molecule has 1 aliphatic rings. The standard InChI is InChI=1S/C9H15NO3/c1-6-8(9(12)13-3)7(11)4-5-10(6)2/h6,8H,4-5H2,1-3H3. The Labute approximate surface area is 77.8 Å². The Kier molecular flexibility index (Phi) is 3.03. The third-order valence-corrected chi connectivity index (χ3v) is 2.69. The SMILES string of the molecule is COC(=O)C1C(=O)CCN(C)C1C. The Bertz CT molecular complexity index is 219. The molecule has 0 radical (unpaired) electrons. The summed E-state index contributed by atoms with van der Waals surface area (Å²) < 4.78 is 4.59. The molecule has 0 amide bonds. The van der Waals surface area contributed by atoms with Crippen LogP contribution < -0.4 is 0 Å². The van der Waals surface area contributed by atoms with Crippen molar-refractivity contribution in [1.82, 2.24) is 4.90 Å². The van der Waals surface area contributed by atoms with E-state index >= 15 is 0 Å². The van der Waals surface area contributed by atoms with Gasteiger partial charge in [-0.1, -0.05) is 0 Å². The minimum Gasteiger partial charge on any atom is -0.468 e. The molecule has 74 valence electrons. The molecule has 1 rings (SSSR count). The number of nitrogens with zero attached hydrogens (tertiary/aromatic N) is 1. The van der Waals surface area contributed by atoms with E-state index in [2.05, 4.69) is 4.74 Å². The number of rotatable bonds is 1. The van der Waals surface area contributed by atoms with E-state index in [1.165, 1.54) is 7.11 Å². The molecule has 0 N–H and O–H groups in total. The monoisotopic (exact) mass is 185 g/mol. The van der Waals surface area contributed by atoms with E-state index in [0.29, 0.717) is 6.42 Å². The molecule has 0 aromatic rings. The summed E-state index contributed by atoms with van der Waals surface area (Å²) in [6.45, 7) is 2.60. The highest BCUT2D eigenvalue weighted by Crippen LogP contribution is 2.19. The first-order chi connectivity index (χ1) is 6.07. The number of likely N-dealkylation sites (tertiary alicyclic amines) is 1. The number of carbonyl (C=O) groups is 2. The summed E-state index contributed by atoms with van der Waals surface area (Å²) in [5, 5.41) is 0. The molecule has 4 nitrogen and oxygen atoms in total. The fraction of sp³-hybridized carbons (Fsp3) is 0.778. The van der Waals surface area contributed by atoms with Gasteiger partial charge in [0.05, 0.1) is 7.11 Å². The minimum atomic E-state index is -0.594. The van der Waals surface area contributed by atoms with Gasteiger partial charge in [0.2, 0.25) is 0 Å². The molecule has 1 heterocycles. The zero-order valence-electron chi connectivity index (χ0n) is 8.24. The Morgan fingerprint density at radius 3 is 2.77 bits per heavy atom. The molecule has 1 fully saturated rings. The van der Waals surface area contributed by atoms with Gasteiger partial charge in [-0.25, -0.2) is 0 Å². The van der Waals surface area contributed by atoms with E-state index in [0.717, 1.165) is 6.54 Å². The summed E-state index contributed by atoms with van der Waals surface area (Å²) in [5.74, 6) is -1.01. The molecule has 1 aliphatic heterocycles. The number of methoxy groups -OCH3 is 1. The van der Waals surface area contributed by atoms with Gasteiger partial charge in [-0.3, -0.25) is 9.59 Å². The second-order valence-corrected chi connectivity index (χ2v) is 3.44. The number of esters is 1. The van der Waals surface area contributed by atoms with Crippen molar-refractivity contribution in [3.05, 3.63) is 0 Å². The van der Waals surface area contributed by atoms with E-state index < -0.39 is 11.9 Å². The molecule has 0 spiro atoms. The van der Waals surface area contributed by atoms with Gasteiger partial charge in [-0.2, -0.15) is 0 Å². The molecule has 13 heavy (non-hydrogen) atoms. The van der Waals surface area contributed by atoms with Gasteiger partial charge in [0.15, 0.2) is 0 Å². The van der Waals surface area contributed by atoms with Crippen LogP contribution in [0.2, 0.25) is 0 Å². The molecule has 1 saturated heterocycles. The van der Waals surface area contributed by atoms with Crippen LogP contribution in [0.25, 0.3) is 0 Å². The molecular weight excluding hydrogens is 170 g/mol. The Morgan fingerprint density at radius 1 is 1.62 bits per heavy atom. The van der Waals surface area contributed by atoms with Crippen molar-refractivity contribution >= 4 is 11.8 Å². The quantitative estimate of drug-likeness (QED) is 0.428. The van der Waals surface area contributed by atoms with Gasteiger partial charge in [-0.15, -0.1) is 0 Å². The van der Waals surface area contributed by atoms with Crippen LogP contribution >= 0.6 is 0 Å². The lowest BCUT2D eigenvalue weighted by molar-refractivity contribution is -0.153. The molecule has 2 atom stereocenters. The van der Waals surface area contributed by atoms with Crippen molar-refractivity contribution < 1.29 is 14.3 Å². The van der Waals surface area contributed by atoms with Gasteiger partial charge in [0, 0.05) is 19.0 Å². The number of piperidine rings is 1. The summed E-state index contributed by atoms with van der Waals surface area (Å²) in [5.41, 5.74) is 0. The van der Waals surface area contributed by atoms with Crippen LogP contribution in [0.1, 0.15) is 13.3 Å². The topological polar surface area (TPSA) is 46.6 Å². The maximum atomic E-state index is 11.4. The number of ether oxygens (including phenoxy) is 1. The molecule has 0 aromatic heterocycles. The van der Waals surface area contributed by atoms with Crippen LogP contribution in [0.4, 0.5) is 0 Å². The highest BCUT2D eigenvalue weighted by Gasteiger charge is 2.38. The van der Waals surface area contributed by atoms with Gasteiger partial charge >= 0.3 is 5.97 Å². The third kappa shape index (κ3) is 1.88. The van der Waals surface area contributed by atoms with Crippen molar-refractivity contribution in [2.75, 3.05) is 20.7 Å². The van der Waals surface area contributed by atoms with Gasteiger partial charge in [-0.05, 0) is 14.0 Å². The van der Waals surface area contributed by atoms with E-state index in [1.54, 1.807) is 0 Å². The fourth-order valence-corrected chi connectivity index (χ4v) is 1.62. The van der Waals surface area contributed by atoms with Crippen LogP contribution in [-0.4, -0.2) is 43.4 Å². The highest BCUT2D eigenvalue weighted by molar-refractivity contribution is 6.00. The van der Waals surface area contributed by atoms with Crippen LogP contribution in [0.15, 0.2) is 0 Å². The van der Waals surface area contributed by atoms with Crippen molar-refractivity contribution in [3.63, 3.8) is 0 Å². The second-order valence-electron chi connectivity index (χ2n) is 3.44. The molecule has 0 aliphatic carbocycles. The first kappa shape index (κ1) is 10.2. The van der Waals surface area contributed by atoms with Crippen molar-refractivity contribution in [3.8, 4) is 0 Å². The maximum absolute atomic E-state index is 11.4. The second kappa shape index (κ2) is 3.87. The first-order valence-electron chi connectivity index (χ1n) is 4.38. The van der Waals surface area contributed by atoms with Crippen LogP contribution in [-0.2, 0) is 14.3 Å². The number of ketones is 1. The summed E-state index contributed by atoms with van der Waals surface area (Å²) >= 11 is 0. The van der Waals surface area contributed by atoms with Crippen molar-refractivity contribution in [2.45, 2.75) is 19.4 Å². The van der Waals surface area contributed by atoms with E-state index in [-0.39, 0.29) is 11.8 Å². The number of hydrogen-bond acceptors (Lipinski definition) is 4. The molecule has 0 saturated carbocycles. The lowest BCUT2D eigenvalue weighted by Gasteiger charge is -2.33. The first-order valence-corrected chi connectivity index (χ1v) is 4.38. The predicted octanol–water partition coefficient (Wildman–Crippen LogP) is 0.0687. The fourth-order valence-electron chi connectivity index (χ4n) is 1.62. The van der Waals surface area contributed by atoms with E-state index in [1.807, 2.05) is 18.9 Å². The largest absolute Gasteiger partial charge is 0.468 e. The minimum absolute atomic E-state index is 0.00236. The third-order valence-electron chi connectivity index (χ3n) is 2.69. The van der Waals surface area contributed by atoms with Gasteiger partial charge in [0.1, 0.15) is 11.7 Å². The van der Waals surface area contributed by atoms with Gasteiger partial charge in [0.25, 0.3) is 0 Å². The molecule has 0 aromatic carbocycles. The summed E-state index contributed by atoms with van der Waals surface area (Å²) in [7, 11) is 3.23. The number of Topliss-reactive ketones (excluding diaryl/α,β-unsaturated/α-hetero) is 1. The maximum Gasteiger partial charge on any atom is 0.317 e. The molecule has 2 unspecified atom stereocenters. The summed E-state index contributed by atoms with van der Waals surface area (Å²) in [6.07, 6.45) is 0.445. The Balaban J connectivity index is 2.77. The molecule has 0 bridgehead atoms. The van der Waals surface area contributed by atoms with Crippen LogP contribution in [0.3, 0.4) is 0 Å². The van der Waals surface area contributed by atoms with Crippen molar-refractivity contribution in [2.24, 2.45) is 5.92 Å². The normalized spacial score (nSPS) is 30.2. The Hall–Kier alpha value is -0.900. The average molecular weight is 185 g/mol. The Morgan fingerprint density at radius 2 is 2.23 bits per heavy atom. The molecule has 4 heteroatoms. The van der Waals surface area contributed by atoms with E-state index in [9.17, 15) is 9.59 Å². The van der Waals surface area contributed by atoms with Crippen LogP contribution in [0, 0.1) is 5.92 Å². The number of carbonyl (C=O) groups excluding carboxylic acids is 2. The highest BCUT2D eigenvalue weighted by atomic mass is 16.5. The lowest BCUT2D eigenvalue weighted by Crippen LogP contribution is -2.49. The lowest BCUT2D eigenvalue weighted by atomic mass is 9.89. The van der Waals surface area contributed by atoms with Crippen LogP contribution in [0.5, 0.6) is 0 Å². The van der Waals surface area contributed by atoms with Crippen molar-refractivity contribution in [1.29, 1.82) is 0 Å². The van der Waals surface area contributed by atoms with E-state index in [4.69, 9.17) is 0 Å². The molecular formula is C9H15NO3. The summed E-state index contributed by atoms with van der Waals surface area (Å²) in [4.78, 5) is 24.7. The predicted molar refractivity (Wildman–Crippen MR) is 47.2 cm³/mol. The van der Waals surface area contributed by atoms with Gasteiger partial charge < -0.3 is 9.64 Å². The summed E-state index contributed by atoms with van der Waals surface area (Å²) in [6, 6.07) is -0.0475. The zero-order chi connectivity index (χ0) is 10.0. The average Bonchev–Trinajstić information content (AvgIpc) is 2.12. The smallest absolute Gasteiger partial charge is 0.317 e. The zero-order valence-corrected chi connectivity index (χ0v) is 8.24. The number of hydrogen-bond donors (Lipinski definition) is 0.